The first-order chi connectivity index (χ1) is 18.5. The summed E-state index contributed by atoms with van der Waals surface area (Å²) in [5.74, 6) is 0.264. The maximum Gasteiger partial charge on any atom is 0.335 e. The number of ether oxygens (including phenoxy) is 2. The number of benzene rings is 4. The lowest BCUT2D eigenvalue weighted by molar-refractivity contribution is 0.0696. The van der Waals surface area contributed by atoms with Gasteiger partial charge < -0.3 is 14.6 Å². The molecule has 0 aliphatic carbocycles. The van der Waals surface area contributed by atoms with Gasteiger partial charge in [0.2, 0.25) is 0 Å². The van der Waals surface area contributed by atoms with Gasteiger partial charge in [-0.3, -0.25) is 4.79 Å². The highest BCUT2D eigenvalue weighted by Crippen LogP contribution is 2.31. The van der Waals surface area contributed by atoms with Gasteiger partial charge in [0.15, 0.2) is 17.3 Å². The number of carbonyl (C=O) groups is 1. The van der Waals surface area contributed by atoms with Crippen LogP contribution in [-0.2, 0) is 6.61 Å². The van der Waals surface area contributed by atoms with Gasteiger partial charge in [-0.05, 0) is 42.0 Å². The molecule has 0 aliphatic rings. The van der Waals surface area contributed by atoms with Crippen molar-refractivity contribution in [3.63, 3.8) is 0 Å². The molecule has 0 amide bonds. The van der Waals surface area contributed by atoms with Crippen LogP contribution < -0.4 is 15.0 Å². The van der Waals surface area contributed by atoms with Crippen LogP contribution in [0.2, 0.25) is 0 Å². The Balaban J connectivity index is 1.56. The third-order valence-corrected chi connectivity index (χ3v) is 5.88. The van der Waals surface area contributed by atoms with E-state index in [1.807, 2.05) is 36.4 Å². The van der Waals surface area contributed by atoms with Gasteiger partial charge in [0.05, 0.1) is 29.8 Å². The lowest BCUT2D eigenvalue weighted by Gasteiger charge is -2.14. The first-order valence-electron chi connectivity index (χ1n) is 11.8. The molecule has 8 heteroatoms. The fourth-order valence-corrected chi connectivity index (χ4v) is 4.02. The Bertz CT molecular complexity index is 1710. The monoisotopic (exact) mass is 505 g/mol. The van der Waals surface area contributed by atoms with Crippen molar-refractivity contribution in [3.8, 4) is 22.9 Å². The standard InChI is InChI=1S/C30H23N3O5/c1-37-26-16-8-13-23(27(26)38-19-20-9-7-12-22(17-20)30(35)36)18-31-33-28(21-10-3-2-4-11-21)32-25-15-6-5-14-24(25)29(33)34/h2-18H,19H2,1H3,(H,35,36). The van der Waals surface area contributed by atoms with E-state index in [9.17, 15) is 14.7 Å². The molecule has 188 valence electrons. The van der Waals surface area contributed by atoms with Crippen molar-refractivity contribution < 1.29 is 19.4 Å². The van der Waals surface area contributed by atoms with Crippen LogP contribution in [0.25, 0.3) is 22.3 Å². The number of nitrogens with zero attached hydrogens (tertiary/aromatic N) is 3. The van der Waals surface area contributed by atoms with Gasteiger partial charge in [0.25, 0.3) is 5.56 Å². The first kappa shape index (κ1) is 24.5. The summed E-state index contributed by atoms with van der Waals surface area (Å²) in [5, 5.41) is 14.3. The molecule has 8 nitrogen and oxygen atoms in total. The van der Waals surface area contributed by atoms with Gasteiger partial charge in [-0.1, -0.05) is 60.7 Å². The van der Waals surface area contributed by atoms with Crippen LogP contribution in [-0.4, -0.2) is 34.1 Å². The largest absolute Gasteiger partial charge is 0.493 e. The molecule has 0 saturated heterocycles. The molecule has 0 bridgehead atoms. The number of hydrogen-bond donors (Lipinski definition) is 1. The zero-order chi connectivity index (χ0) is 26.5. The predicted molar refractivity (Wildman–Crippen MR) is 145 cm³/mol. The summed E-state index contributed by atoms with van der Waals surface area (Å²) >= 11 is 0. The van der Waals surface area contributed by atoms with Crippen LogP contribution in [0.1, 0.15) is 21.5 Å². The average Bonchev–Trinajstić information content (AvgIpc) is 2.96. The summed E-state index contributed by atoms with van der Waals surface area (Å²) in [6.07, 6.45) is 1.52. The second kappa shape index (κ2) is 10.8. The third-order valence-electron chi connectivity index (χ3n) is 5.88. The van der Waals surface area contributed by atoms with Crippen molar-refractivity contribution in [3.05, 3.63) is 124 Å². The Morgan fingerprint density at radius 1 is 0.974 bits per heavy atom. The summed E-state index contributed by atoms with van der Waals surface area (Å²) in [4.78, 5) is 29.5. The van der Waals surface area contributed by atoms with E-state index in [0.29, 0.717) is 39.4 Å². The Morgan fingerprint density at radius 2 is 1.74 bits per heavy atom. The number of aromatic nitrogens is 2. The van der Waals surface area contributed by atoms with Crippen molar-refractivity contribution >= 4 is 23.1 Å². The van der Waals surface area contributed by atoms with Crippen LogP contribution in [0.5, 0.6) is 11.5 Å². The number of para-hydroxylation sites is 2. The highest BCUT2D eigenvalue weighted by molar-refractivity contribution is 5.88. The molecule has 0 spiro atoms. The number of carboxylic acid groups (broad SMARTS) is 1. The van der Waals surface area contributed by atoms with Gasteiger partial charge in [-0.15, -0.1) is 0 Å². The highest BCUT2D eigenvalue weighted by atomic mass is 16.5. The van der Waals surface area contributed by atoms with Crippen molar-refractivity contribution in [2.75, 3.05) is 7.11 Å². The van der Waals surface area contributed by atoms with E-state index in [-0.39, 0.29) is 17.7 Å². The lowest BCUT2D eigenvalue weighted by Crippen LogP contribution is -2.20. The van der Waals surface area contributed by atoms with Gasteiger partial charge in [-0.2, -0.15) is 9.78 Å². The molecule has 1 aromatic heterocycles. The average molecular weight is 506 g/mol. The molecule has 0 fully saturated rings. The van der Waals surface area contributed by atoms with Gasteiger partial charge in [0, 0.05) is 11.1 Å². The van der Waals surface area contributed by atoms with E-state index in [0.717, 1.165) is 5.56 Å². The zero-order valence-electron chi connectivity index (χ0n) is 20.4. The molecule has 1 heterocycles. The van der Waals surface area contributed by atoms with Crippen LogP contribution in [0, 0.1) is 0 Å². The van der Waals surface area contributed by atoms with Crippen molar-refractivity contribution in [2.24, 2.45) is 5.10 Å². The summed E-state index contributed by atoms with van der Waals surface area (Å²) in [7, 11) is 1.53. The smallest absolute Gasteiger partial charge is 0.335 e. The second-order valence-electron chi connectivity index (χ2n) is 8.35. The summed E-state index contributed by atoms with van der Waals surface area (Å²) in [6.45, 7) is 0.106. The van der Waals surface area contributed by atoms with Gasteiger partial charge in [0.1, 0.15) is 6.61 Å². The van der Waals surface area contributed by atoms with E-state index >= 15 is 0 Å². The van der Waals surface area contributed by atoms with Crippen molar-refractivity contribution in [2.45, 2.75) is 6.61 Å². The fraction of sp³-hybridized carbons (Fsp3) is 0.0667. The molecule has 38 heavy (non-hydrogen) atoms. The Kier molecular flexibility index (Phi) is 6.95. The van der Waals surface area contributed by atoms with E-state index < -0.39 is 5.97 Å². The molecule has 0 unspecified atom stereocenters. The minimum atomic E-state index is -1.01. The van der Waals surface area contributed by atoms with Crippen LogP contribution in [0.4, 0.5) is 0 Å². The Hall–Kier alpha value is -5.24. The van der Waals surface area contributed by atoms with E-state index in [2.05, 4.69) is 5.10 Å². The van der Waals surface area contributed by atoms with Gasteiger partial charge >= 0.3 is 5.97 Å². The molecular weight excluding hydrogens is 482 g/mol. The van der Waals surface area contributed by atoms with E-state index in [1.165, 1.54) is 24.1 Å². The maximum atomic E-state index is 13.5. The first-order valence-corrected chi connectivity index (χ1v) is 11.8. The quantitative estimate of drug-likeness (QED) is 0.290. The maximum absolute atomic E-state index is 13.5. The molecule has 5 aromatic rings. The molecule has 4 aromatic carbocycles. The predicted octanol–water partition coefficient (Wildman–Crippen LogP) is 5.23. The minimum absolute atomic E-state index is 0.106. The number of carboxylic acids is 1. The molecule has 5 rings (SSSR count). The number of aromatic carboxylic acids is 1. The fourth-order valence-electron chi connectivity index (χ4n) is 4.02. The van der Waals surface area contributed by atoms with E-state index in [4.69, 9.17) is 14.5 Å². The SMILES string of the molecule is COc1cccc(C=Nn2c(-c3ccccc3)nc3ccccc3c2=O)c1OCc1cccc(C(=O)O)c1. The molecule has 1 N–H and O–H groups in total. The molecule has 0 aliphatic heterocycles. The van der Waals surface area contributed by atoms with Crippen LogP contribution in [0.3, 0.4) is 0 Å². The van der Waals surface area contributed by atoms with Crippen molar-refractivity contribution in [1.82, 2.24) is 9.66 Å². The highest BCUT2D eigenvalue weighted by Gasteiger charge is 2.14. The lowest BCUT2D eigenvalue weighted by atomic mass is 10.1. The molecule has 0 radical (unpaired) electrons. The van der Waals surface area contributed by atoms with Crippen LogP contribution >= 0.6 is 0 Å². The normalized spacial score (nSPS) is 11.1. The van der Waals surface area contributed by atoms with Gasteiger partial charge in [-0.25, -0.2) is 9.78 Å². The minimum Gasteiger partial charge on any atom is -0.493 e. The molecule has 0 saturated carbocycles. The Labute approximate surface area is 218 Å². The van der Waals surface area contributed by atoms with E-state index in [1.54, 1.807) is 54.6 Å². The topological polar surface area (TPSA) is 103 Å². The molecular formula is C30H23N3O5. The Morgan fingerprint density at radius 3 is 2.53 bits per heavy atom. The second-order valence-corrected chi connectivity index (χ2v) is 8.35. The zero-order valence-corrected chi connectivity index (χ0v) is 20.4. The number of fused-ring (bicyclic) bond motifs is 1. The molecule has 0 atom stereocenters. The summed E-state index contributed by atoms with van der Waals surface area (Å²) < 4.78 is 12.8. The summed E-state index contributed by atoms with van der Waals surface area (Å²) in [5.41, 5.74) is 2.44. The number of rotatable bonds is 8. The number of methoxy groups -OCH3 is 1. The number of hydrogen-bond acceptors (Lipinski definition) is 6. The summed E-state index contributed by atoms with van der Waals surface area (Å²) in [6, 6.07) is 28.4. The van der Waals surface area contributed by atoms with Crippen molar-refractivity contribution in [1.29, 1.82) is 0 Å². The third kappa shape index (κ3) is 5.01. The van der Waals surface area contributed by atoms with Crippen LogP contribution in [0.15, 0.2) is 107 Å².